The van der Waals surface area contributed by atoms with Gasteiger partial charge in [0.05, 0.1) is 10.7 Å². The molecule has 3 rings (SSSR count). The lowest BCUT2D eigenvalue weighted by Crippen LogP contribution is -1.89. The number of hydrogen-bond acceptors (Lipinski definition) is 6. The molecular weight excluding hydrogens is 338 g/mol. The van der Waals surface area contributed by atoms with Gasteiger partial charge in [-0.1, -0.05) is 28.9 Å². The predicted molar refractivity (Wildman–Crippen MR) is 87.4 cm³/mol. The van der Waals surface area contributed by atoms with Crippen molar-refractivity contribution in [2.24, 2.45) is 0 Å². The Morgan fingerprint density at radius 3 is 2.74 bits per heavy atom. The minimum Gasteiger partial charge on any atom is -0.338 e. The molecule has 3 aromatic rings. The van der Waals surface area contributed by atoms with E-state index in [1.807, 2.05) is 24.3 Å². The van der Waals surface area contributed by atoms with Gasteiger partial charge in [-0.2, -0.15) is 4.98 Å². The minimum absolute atomic E-state index is 0.00982. The number of benzene rings is 2. The van der Waals surface area contributed by atoms with Crippen LogP contribution in [-0.2, 0) is 5.75 Å². The van der Waals surface area contributed by atoms with Gasteiger partial charge in [-0.3, -0.25) is 10.1 Å². The average Bonchev–Trinajstić information content (AvgIpc) is 3.03. The van der Waals surface area contributed by atoms with Crippen LogP contribution in [0.1, 0.15) is 5.89 Å². The molecule has 0 aliphatic carbocycles. The number of nitro benzene ring substituents is 1. The van der Waals surface area contributed by atoms with Crippen molar-refractivity contribution in [3.8, 4) is 11.4 Å². The van der Waals surface area contributed by atoms with Gasteiger partial charge < -0.3 is 4.52 Å². The molecule has 116 valence electrons. The number of nitro groups is 1. The molecule has 1 heterocycles. The van der Waals surface area contributed by atoms with Crippen molar-refractivity contribution >= 4 is 29.1 Å². The summed E-state index contributed by atoms with van der Waals surface area (Å²) in [6, 6.07) is 13.6. The molecule has 0 aliphatic heterocycles. The highest BCUT2D eigenvalue weighted by Crippen LogP contribution is 2.26. The van der Waals surface area contributed by atoms with E-state index >= 15 is 0 Å². The lowest BCUT2D eigenvalue weighted by Gasteiger charge is -1.97. The summed E-state index contributed by atoms with van der Waals surface area (Å²) >= 11 is 7.37. The van der Waals surface area contributed by atoms with Crippen LogP contribution in [-0.4, -0.2) is 15.1 Å². The summed E-state index contributed by atoms with van der Waals surface area (Å²) in [4.78, 5) is 15.6. The molecule has 0 atom stereocenters. The quantitative estimate of drug-likeness (QED) is 0.381. The Labute approximate surface area is 140 Å². The average molecular weight is 348 g/mol. The van der Waals surface area contributed by atoms with Gasteiger partial charge >= 0.3 is 0 Å². The number of halogens is 1. The molecule has 0 spiro atoms. The van der Waals surface area contributed by atoms with E-state index in [-0.39, 0.29) is 5.69 Å². The molecule has 2 aromatic carbocycles. The zero-order valence-corrected chi connectivity index (χ0v) is 13.3. The van der Waals surface area contributed by atoms with Gasteiger partial charge in [0.15, 0.2) is 0 Å². The summed E-state index contributed by atoms with van der Waals surface area (Å²) < 4.78 is 5.19. The Morgan fingerprint density at radius 1 is 1.22 bits per heavy atom. The van der Waals surface area contributed by atoms with Crippen LogP contribution >= 0.6 is 23.4 Å². The molecule has 23 heavy (non-hydrogen) atoms. The van der Waals surface area contributed by atoms with Crippen LogP contribution in [0.3, 0.4) is 0 Å². The Morgan fingerprint density at radius 2 is 2.00 bits per heavy atom. The van der Waals surface area contributed by atoms with Crippen LogP contribution in [0.4, 0.5) is 5.69 Å². The summed E-state index contributed by atoms with van der Waals surface area (Å²) in [6.07, 6.45) is 0. The molecule has 6 nitrogen and oxygen atoms in total. The van der Waals surface area contributed by atoms with Gasteiger partial charge in [-0.25, -0.2) is 0 Å². The minimum atomic E-state index is -0.457. The summed E-state index contributed by atoms with van der Waals surface area (Å²) in [5.41, 5.74) is 0.537. The van der Waals surface area contributed by atoms with Gasteiger partial charge in [-0.05, 0) is 24.3 Å². The third-order valence-electron chi connectivity index (χ3n) is 2.96. The second-order valence-electron chi connectivity index (χ2n) is 4.56. The normalized spacial score (nSPS) is 10.7. The highest BCUT2D eigenvalue weighted by molar-refractivity contribution is 7.98. The first kappa shape index (κ1) is 15.5. The number of nitrogens with zero attached hydrogens (tertiary/aromatic N) is 3. The van der Waals surface area contributed by atoms with E-state index in [0.29, 0.717) is 28.1 Å². The van der Waals surface area contributed by atoms with Crippen LogP contribution < -0.4 is 0 Å². The van der Waals surface area contributed by atoms with Gasteiger partial charge in [0.2, 0.25) is 11.7 Å². The number of rotatable bonds is 5. The third kappa shape index (κ3) is 3.88. The van der Waals surface area contributed by atoms with E-state index in [2.05, 4.69) is 10.1 Å². The molecule has 0 N–H and O–H groups in total. The topological polar surface area (TPSA) is 82.1 Å². The summed E-state index contributed by atoms with van der Waals surface area (Å²) in [6.45, 7) is 0. The van der Waals surface area contributed by atoms with E-state index in [1.54, 1.807) is 12.1 Å². The van der Waals surface area contributed by atoms with Crippen molar-refractivity contribution in [2.45, 2.75) is 10.6 Å². The fourth-order valence-electron chi connectivity index (χ4n) is 1.87. The largest absolute Gasteiger partial charge is 0.338 e. The highest BCUT2D eigenvalue weighted by atomic mass is 35.5. The second kappa shape index (κ2) is 6.80. The molecule has 0 aliphatic rings. The SMILES string of the molecule is O=[N+]([O-])c1cccc(-c2noc(CSc3ccc(Cl)cc3)n2)c1. The number of thioether (sulfide) groups is 1. The van der Waals surface area contributed by atoms with Crippen LogP contribution in [0.25, 0.3) is 11.4 Å². The molecule has 0 unspecified atom stereocenters. The van der Waals surface area contributed by atoms with Crippen molar-refractivity contribution in [3.05, 3.63) is 69.6 Å². The van der Waals surface area contributed by atoms with E-state index < -0.39 is 4.92 Å². The maximum atomic E-state index is 10.8. The monoisotopic (exact) mass is 347 g/mol. The molecule has 0 amide bonds. The second-order valence-corrected chi connectivity index (χ2v) is 6.05. The highest BCUT2D eigenvalue weighted by Gasteiger charge is 2.12. The number of aromatic nitrogens is 2. The van der Waals surface area contributed by atoms with E-state index in [9.17, 15) is 10.1 Å². The molecule has 0 fully saturated rings. The molecular formula is C15H10ClN3O3S. The number of non-ortho nitro benzene ring substituents is 1. The van der Waals surface area contributed by atoms with Crippen molar-refractivity contribution in [2.75, 3.05) is 0 Å². The van der Waals surface area contributed by atoms with Gasteiger partial charge in [0.1, 0.15) is 0 Å². The standard InChI is InChI=1S/C15H10ClN3O3S/c16-11-4-6-13(7-5-11)23-9-14-17-15(18-22-14)10-2-1-3-12(8-10)19(20)21/h1-8H,9H2. The van der Waals surface area contributed by atoms with E-state index in [0.717, 1.165) is 4.90 Å². The van der Waals surface area contributed by atoms with E-state index in [4.69, 9.17) is 16.1 Å². The molecule has 0 saturated heterocycles. The van der Waals surface area contributed by atoms with Crippen LogP contribution in [0.2, 0.25) is 5.02 Å². The Bertz CT molecular complexity index is 836. The maximum Gasteiger partial charge on any atom is 0.270 e. The smallest absolute Gasteiger partial charge is 0.270 e. The summed E-state index contributed by atoms with van der Waals surface area (Å²) in [5.74, 6) is 1.29. The maximum absolute atomic E-state index is 10.8. The van der Waals surface area contributed by atoms with Crippen molar-refractivity contribution in [3.63, 3.8) is 0 Å². The van der Waals surface area contributed by atoms with E-state index in [1.165, 1.54) is 23.9 Å². The Hall–Kier alpha value is -2.38. The first-order valence-corrected chi connectivity index (χ1v) is 7.94. The first-order valence-electron chi connectivity index (χ1n) is 6.57. The lowest BCUT2D eigenvalue weighted by atomic mass is 10.2. The van der Waals surface area contributed by atoms with Crippen molar-refractivity contribution in [1.82, 2.24) is 10.1 Å². The molecule has 0 radical (unpaired) electrons. The van der Waals surface area contributed by atoms with Crippen molar-refractivity contribution < 1.29 is 9.45 Å². The van der Waals surface area contributed by atoms with Crippen molar-refractivity contribution in [1.29, 1.82) is 0 Å². The Balaban J connectivity index is 1.71. The predicted octanol–water partition coefficient (Wildman–Crippen LogP) is 4.59. The Kier molecular flexibility index (Phi) is 4.59. The number of hydrogen-bond donors (Lipinski definition) is 0. The van der Waals surface area contributed by atoms with Crippen LogP contribution in [0.15, 0.2) is 57.9 Å². The van der Waals surface area contributed by atoms with Gasteiger partial charge in [0.25, 0.3) is 5.69 Å². The zero-order valence-electron chi connectivity index (χ0n) is 11.7. The summed E-state index contributed by atoms with van der Waals surface area (Å²) in [7, 11) is 0. The molecule has 1 aromatic heterocycles. The molecule has 8 heteroatoms. The fourth-order valence-corrected chi connectivity index (χ4v) is 2.73. The molecule has 0 saturated carbocycles. The van der Waals surface area contributed by atoms with Crippen LogP contribution in [0, 0.1) is 10.1 Å². The van der Waals surface area contributed by atoms with Crippen LogP contribution in [0.5, 0.6) is 0 Å². The molecule has 0 bridgehead atoms. The van der Waals surface area contributed by atoms with Gasteiger partial charge in [0, 0.05) is 27.6 Å². The van der Waals surface area contributed by atoms with Gasteiger partial charge in [-0.15, -0.1) is 11.8 Å². The fraction of sp³-hybridized carbons (Fsp3) is 0.0667. The summed E-state index contributed by atoms with van der Waals surface area (Å²) in [5, 5.41) is 15.4. The lowest BCUT2D eigenvalue weighted by molar-refractivity contribution is -0.384. The third-order valence-corrected chi connectivity index (χ3v) is 4.21. The first-order chi connectivity index (χ1) is 11.1. The zero-order chi connectivity index (χ0) is 16.2.